The van der Waals surface area contributed by atoms with Crippen LogP contribution >= 0.6 is 0 Å². The third kappa shape index (κ3) is 2.86. The zero-order chi connectivity index (χ0) is 18.2. The number of carbonyl (C=O) groups is 3. The topological polar surface area (TPSA) is 97.4 Å². The molecule has 0 aliphatic carbocycles. The second-order valence-corrected chi connectivity index (χ2v) is 7.20. The minimum atomic E-state index is -1.12. The Bertz CT molecular complexity index is 571. The standard InChI is InChI=1S/C17H24O8/c1-16(2)13(18)12-10-11(17(16,3)25-12)15(20)24-9-7-22-5-4-21-6-8-23-14(10)19/h10-12H,4-9H2,1-3H3/t10-,11-,12-,17+/m1/s1. The maximum Gasteiger partial charge on any atom is 0.313 e. The van der Waals surface area contributed by atoms with Gasteiger partial charge in [0, 0.05) is 0 Å². The molecule has 0 radical (unpaired) electrons. The van der Waals surface area contributed by atoms with Crippen LogP contribution in [0.15, 0.2) is 0 Å². The molecule has 3 fully saturated rings. The molecular formula is C17H24O8. The fourth-order valence-electron chi connectivity index (χ4n) is 3.82. The summed E-state index contributed by atoms with van der Waals surface area (Å²) in [6.45, 7) is 6.42. The van der Waals surface area contributed by atoms with Crippen molar-refractivity contribution in [1.29, 1.82) is 0 Å². The van der Waals surface area contributed by atoms with Gasteiger partial charge in [0.05, 0.1) is 37.4 Å². The maximum atomic E-state index is 12.7. The van der Waals surface area contributed by atoms with Gasteiger partial charge >= 0.3 is 11.9 Å². The predicted octanol–water partition coefficient (Wildman–Crippen LogP) is 0.118. The average Bonchev–Trinajstić information content (AvgIpc) is 2.97. The smallest absolute Gasteiger partial charge is 0.313 e. The van der Waals surface area contributed by atoms with Crippen LogP contribution in [0.5, 0.6) is 0 Å². The lowest BCUT2D eigenvalue weighted by Gasteiger charge is -2.41. The zero-order valence-corrected chi connectivity index (χ0v) is 14.7. The Kier molecular flexibility index (Phi) is 4.87. The summed E-state index contributed by atoms with van der Waals surface area (Å²) in [6.07, 6.45) is -0.991. The highest BCUT2D eigenvalue weighted by Gasteiger charge is 2.74. The first-order valence-electron chi connectivity index (χ1n) is 8.51. The average molecular weight is 356 g/mol. The van der Waals surface area contributed by atoms with Gasteiger partial charge in [-0.15, -0.1) is 0 Å². The monoisotopic (exact) mass is 356 g/mol. The maximum absolute atomic E-state index is 12.7. The lowest BCUT2D eigenvalue weighted by Crippen LogP contribution is -2.57. The van der Waals surface area contributed by atoms with Crippen molar-refractivity contribution in [3.8, 4) is 0 Å². The number of esters is 2. The fraction of sp³-hybridized carbons (Fsp3) is 0.824. The molecule has 0 N–H and O–H groups in total. The zero-order valence-electron chi connectivity index (χ0n) is 14.7. The highest BCUT2D eigenvalue weighted by atomic mass is 16.6. The van der Waals surface area contributed by atoms with Crippen LogP contribution in [0.25, 0.3) is 0 Å². The van der Waals surface area contributed by atoms with Crippen LogP contribution in [0.2, 0.25) is 0 Å². The van der Waals surface area contributed by atoms with E-state index >= 15 is 0 Å². The number of ether oxygens (including phenoxy) is 5. The van der Waals surface area contributed by atoms with Crippen LogP contribution in [-0.4, -0.2) is 69.1 Å². The Morgan fingerprint density at radius 3 is 1.92 bits per heavy atom. The Morgan fingerprint density at radius 2 is 1.32 bits per heavy atom. The molecule has 25 heavy (non-hydrogen) atoms. The van der Waals surface area contributed by atoms with Gasteiger partial charge in [-0.05, 0) is 20.8 Å². The van der Waals surface area contributed by atoms with Crippen molar-refractivity contribution in [2.24, 2.45) is 17.3 Å². The number of fused-ring (bicyclic) bond motifs is 5. The minimum Gasteiger partial charge on any atom is -0.463 e. The minimum absolute atomic E-state index is 0.0398. The first kappa shape index (κ1) is 18.3. The van der Waals surface area contributed by atoms with Gasteiger partial charge < -0.3 is 23.7 Å². The highest BCUT2D eigenvalue weighted by molar-refractivity contribution is 6.01. The van der Waals surface area contributed by atoms with Gasteiger partial charge in [-0.1, -0.05) is 0 Å². The number of carbonyl (C=O) groups excluding carboxylic acids is 3. The summed E-state index contributed by atoms with van der Waals surface area (Å²) >= 11 is 0. The van der Waals surface area contributed by atoms with Crippen molar-refractivity contribution in [3.63, 3.8) is 0 Å². The second-order valence-electron chi connectivity index (χ2n) is 7.20. The second kappa shape index (κ2) is 6.66. The number of cyclic esters (lactones) is 2. The Labute approximate surface area is 146 Å². The Balaban J connectivity index is 1.88. The largest absolute Gasteiger partial charge is 0.463 e. The third-order valence-electron chi connectivity index (χ3n) is 5.61. The van der Waals surface area contributed by atoms with E-state index in [2.05, 4.69) is 0 Å². The summed E-state index contributed by atoms with van der Waals surface area (Å²) in [5.74, 6) is -3.29. The molecule has 0 saturated carbocycles. The van der Waals surface area contributed by atoms with E-state index in [4.69, 9.17) is 23.7 Å². The van der Waals surface area contributed by atoms with Crippen LogP contribution in [0.1, 0.15) is 20.8 Å². The first-order chi connectivity index (χ1) is 11.8. The van der Waals surface area contributed by atoms with Gasteiger partial charge in [-0.25, -0.2) is 0 Å². The molecule has 0 aromatic carbocycles. The summed E-state index contributed by atoms with van der Waals surface area (Å²) in [6, 6.07) is 0. The molecule has 0 unspecified atom stereocenters. The van der Waals surface area contributed by atoms with Crippen LogP contribution in [0.4, 0.5) is 0 Å². The Hall–Kier alpha value is -1.51. The molecule has 0 aromatic heterocycles. The number of ketones is 1. The van der Waals surface area contributed by atoms with Crippen LogP contribution in [0, 0.1) is 17.3 Å². The number of hydrogen-bond donors (Lipinski definition) is 0. The van der Waals surface area contributed by atoms with E-state index in [0.29, 0.717) is 13.2 Å². The lowest BCUT2D eigenvalue weighted by atomic mass is 9.59. The van der Waals surface area contributed by atoms with E-state index < -0.39 is 40.9 Å². The van der Waals surface area contributed by atoms with Gasteiger partial charge in [-0.3, -0.25) is 14.4 Å². The van der Waals surface area contributed by atoms with Gasteiger partial charge in [0.25, 0.3) is 0 Å². The van der Waals surface area contributed by atoms with Gasteiger partial charge in [0.2, 0.25) is 0 Å². The molecule has 8 heteroatoms. The summed E-state index contributed by atoms with van der Waals surface area (Å²) < 4.78 is 27.0. The SMILES string of the molecule is CC1(C)C(=O)[C@@H]2O[C@@]1(C)[C@H]1C(=O)OCCOCCOCCOC(=O)[C@@H]21. The van der Waals surface area contributed by atoms with E-state index in [1.165, 1.54) is 0 Å². The van der Waals surface area contributed by atoms with Gasteiger partial charge in [-0.2, -0.15) is 0 Å². The molecule has 0 amide bonds. The Morgan fingerprint density at radius 1 is 0.800 bits per heavy atom. The number of hydrogen-bond acceptors (Lipinski definition) is 8. The quantitative estimate of drug-likeness (QED) is 0.565. The van der Waals surface area contributed by atoms with E-state index in [1.807, 2.05) is 0 Å². The molecule has 3 aliphatic heterocycles. The normalized spacial score (nSPS) is 39.3. The molecule has 2 bridgehead atoms. The third-order valence-corrected chi connectivity index (χ3v) is 5.61. The predicted molar refractivity (Wildman–Crippen MR) is 82.6 cm³/mol. The van der Waals surface area contributed by atoms with Crippen LogP contribution < -0.4 is 0 Å². The van der Waals surface area contributed by atoms with Crippen molar-refractivity contribution < 1.29 is 38.1 Å². The highest BCUT2D eigenvalue weighted by Crippen LogP contribution is 2.58. The van der Waals surface area contributed by atoms with Crippen molar-refractivity contribution in [2.75, 3.05) is 39.6 Å². The molecule has 3 saturated heterocycles. The first-order valence-corrected chi connectivity index (χ1v) is 8.51. The molecule has 3 heterocycles. The van der Waals surface area contributed by atoms with Crippen molar-refractivity contribution in [1.82, 2.24) is 0 Å². The lowest BCUT2D eigenvalue weighted by molar-refractivity contribution is -0.170. The van der Waals surface area contributed by atoms with Crippen LogP contribution in [-0.2, 0) is 38.1 Å². The summed E-state index contributed by atoms with van der Waals surface area (Å²) in [5.41, 5.74) is -2.02. The van der Waals surface area contributed by atoms with E-state index in [1.54, 1.807) is 20.8 Å². The summed E-state index contributed by atoms with van der Waals surface area (Å²) in [5, 5.41) is 0. The number of Topliss-reactive ketones (excluding diaryl/α,β-unsaturated/α-hetero) is 1. The molecule has 140 valence electrons. The van der Waals surface area contributed by atoms with Crippen molar-refractivity contribution in [2.45, 2.75) is 32.5 Å². The summed E-state index contributed by atoms with van der Waals surface area (Å²) in [4.78, 5) is 37.9. The van der Waals surface area contributed by atoms with E-state index in [9.17, 15) is 14.4 Å². The molecule has 3 rings (SSSR count). The molecule has 3 aliphatic rings. The van der Waals surface area contributed by atoms with Gasteiger partial charge in [0.1, 0.15) is 31.2 Å². The van der Waals surface area contributed by atoms with E-state index in [0.717, 1.165) is 0 Å². The molecule has 8 nitrogen and oxygen atoms in total. The fourth-order valence-corrected chi connectivity index (χ4v) is 3.82. The summed E-state index contributed by atoms with van der Waals surface area (Å²) in [7, 11) is 0. The van der Waals surface area contributed by atoms with Gasteiger partial charge in [0.15, 0.2) is 5.78 Å². The number of rotatable bonds is 0. The molecule has 4 atom stereocenters. The molecular weight excluding hydrogens is 332 g/mol. The van der Waals surface area contributed by atoms with Crippen LogP contribution in [0.3, 0.4) is 0 Å². The molecule has 0 aromatic rings. The van der Waals surface area contributed by atoms with E-state index in [-0.39, 0.29) is 32.2 Å². The molecule has 0 spiro atoms. The van der Waals surface area contributed by atoms with Crippen molar-refractivity contribution >= 4 is 17.7 Å². The van der Waals surface area contributed by atoms with Crippen molar-refractivity contribution in [3.05, 3.63) is 0 Å².